The van der Waals surface area contributed by atoms with Gasteiger partial charge in [0.05, 0.1) is 4.90 Å². The highest BCUT2D eigenvalue weighted by atomic mass is 35.5. The molecule has 12 nitrogen and oxygen atoms in total. The molecule has 0 heterocycles. The lowest BCUT2D eigenvalue weighted by Gasteiger charge is -2.14. The highest BCUT2D eigenvalue weighted by Gasteiger charge is 2.17. The summed E-state index contributed by atoms with van der Waals surface area (Å²) in [5.41, 5.74) is 11.3. The standard InChI is InChI=1S/C11H14ClN3O5S2.C6H7NO3S/c1-5-7(12)2-6(3-9(5)22(18,19)20)15-11(21)14-4-8(13)10(16)17;7-5-2-1-3-6(4-5)11(8,9)10/h2-3,8H,4,13H2,1H3,(H,16,17)(H2,14,15,21)(H,18,19,20);1-4H,7H2,(H,8,9,10)/t8-;/m0./s1. The molecule has 0 aliphatic heterocycles. The van der Waals surface area contributed by atoms with E-state index in [1.807, 2.05) is 0 Å². The molecule has 0 amide bonds. The maximum absolute atomic E-state index is 11.3. The molecule has 0 fully saturated rings. The summed E-state index contributed by atoms with van der Waals surface area (Å²) in [6.07, 6.45) is 0. The van der Waals surface area contributed by atoms with Crippen LogP contribution in [0.2, 0.25) is 5.02 Å². The summed E-state index contributed by atoms with van der Waals surface area (Å²) in [5.74, 6) is -1.19. The molecule has 9 N–H and O–H groups in total. The van der Waals surface area contributed by atoms with Crippen LogP contribution in [-0.2, 0) is 25.0 Å². The normalized spacial score (nSPS) is 12.2. The molecule has 0 radical (unpaired) electrons. The van der Waals surface area contributed by atoms with E-state index < -0.39 is 32.2 Å². The lowest BCUT2D eigenvalue weighted by atomic mass is 10.2. The minimum atomic E-state index is -4.44. The second-order valence-electron chi connectivity index (χ2n) is 6.38. The van der Waals surface area contributed by atoms with Gasteiger partial charge in [0.2, 0.25) is 0 Å². The Labute approximate surface area is 200 Å². The maximum Gasteiger partial charge on any atom is 0.322 e. The predicted octanol–water partition coefficient (Wildman–Crippen LogP) is 1.11. The molecule has 0 saturated heterocycles. The Morgan fingerprint density at radius 3 is 2.21 bits per heavy atom. The van der Waals surface area contributed by atoms with Crippen molar-refractivity contribution in [3.05, 3.63) is 47.0 Å². The molecule has 0 bridgehead atoms. The van der Waals surface area contributed by atoms with Crippen LogP contribution in [0.4, 0.5) is 11.4 Å². The van der Waals surface area contributed by atoms with Crippen LogP contribution in [0, 0.1) is 6.92 Å². The van der Waals surface area contributed by atoms with E-state index in [-0.39, 0.29) is 37.7 Å². The smallest absolute Gasteiger partial charge is 0.322 e. The first-order chi connectivity index (χ1) is 15.0. The summed E-state index contributed by atoms with van der Waals surface area (Å²) in [5, 5.41) is 14.0. The average Bonchev–Trinajstić information content (AvgIpc) is 2.67. The third-order valence-electron chi connectivity index (χ3n) is 3.79. The number of thiocarbonyl (C=S) groups is 1. The molecule has 33 heavy (non-hydrogen) atoms. The zero-order valence-corrected chi connectivity index (χ0v) is 20.1. The van der Waals surface area contributed by atoms with Gasteiger partial charge < -0.3 is 27.2 Å². The molecule has 2 rings (SSSR count). The SMILES string of the molecule is Cc1c(Cl)cc(NC(=S)NC[C@H](N)C(=O)O)cc1S(=O)(=O)O.Nc1cccc(S(=O)(=O)O)c1. The molecule has 0 spiro atoms. The van der Waals surface area contributed by atoms with Crippen LogP contribution in [0.5, 0.6) is 0 Å². The van der Waals surface area contributed by atoms with Gasteiger partial charge in [0.15, 0.2) is 5.11 Å². The number of nitrogens with two attached hydrogens (primary N) is 2. The monoisotopic (exact) mass is 540 g/mol. The van der Waals surface area contributed by atoms with Gasteiger partial charge in [-0.3, -0.25) is 13.9 Å². The predicted molar refractivity (Wildman–Crippen MR) is 127 cm³/mol. The fraction of sp³-hybridized carbons (Fsp3) is 0.176. The second kappa shape index (κ2) is 11.6. The summed E-state index contributed by atoms with van der Waals surface area (Å²) >= 11 is 10.8. The minimum Gasteiger partial charge on any atom is -0.480 e. The number of carboxylic acids is 1. The first kappa shape index (κ1) is 28.5. The number of nitrogens with one attached hydrogen (secondary N) is 2. The van der Waals surface area contributed by atoms with Crippen molar-refractivity contribution in [3.8, 4) is 0 Å². The van der Waals surface area contributed by atoms with E-state index in [0.717, 1.165) is 6.07 Å². The lowest BCUT2D eigenvalue weighted by Crippen LogP contribution is -2.43. The fourth-order valence-corrected chi connectivity index (χ4v) is 3.92. The number of halogens is 1. The molecular weight excluding hydrogens is 520 g/mol. The number of hydrogen-bond acceptors (Lipinski definition) is 8. The van der Waals surface area contributed by atoms with Gasteiger partial charge in [0, 0.05) is 22.9 Å². The Balaban J connectivity index is 0.000000412. The topological polar surface area (TPSA) is 222 Å². The number of hydrogen-bond donors (Lipinski definition) is 7. The van der Waals surface area contributed by atoms with Crippen molar-refractivity contribution in [2.24, 2.45) is 5.73 Å². The number of aliphatic carboxylic acids is 1. The van der Waals surface area contributed by atoms with Crippen LogP contribution >= 0.6 is 23.8 Å². The molecule has 2 aromatic carbocycles. The Bertz CT molecular complexity index is 1250. The van der Waals surface area contributed by atoms with E-state index in [0.29, 0.717) is 5.69 Å². The molecule has 16 heteroatoms. The molecule has 0 aromatic heterocycles. The molecule has 182 valence electrons. The minimum absolute atomic E-state index is 0.0258. The van der Waals surface area contributed by atoms with Crippen LogP contribution < -0.4 is 22.1 Å². The summed E-state index contributed by atoms with van der Waals surface area (Å²) < 4.78 is 61.2. The van der Waals surface area contributed by atoms with Gasteiger partial charge in [0.25, 0.3) is 20.2 Å². The van der Waals surface area contributed by atoms with Crippen molar-refractivity contribution < 1.29 is 35.8 Å². The Morgan fingerprint density at radius 2 is 1.76 bits per heavy atom. The molecular formula is C17H21ClN4O8S3. The molecule has 0 aliphatic carbocycles. The van der Waals surface area contributed by atoms with Crippen molar-refractivity contribution in [1.82, 2.24) is 5.32 Å². The first-order valence-corrected chi connectivity index (χ1v) is 12.3. The summed E-state index contributed by atoms with van der Waals surface area (Å²) in [6.45, 7) is 1.32. The van der Waals surface area contributed by atoms with E-state index in [9.17, 15) is 21.6 Å². The zero-order valence-electron chi connectivity index (χ0n) is 16.9. The van der Waals surface area contributed by atoms with Gasteiger partial charge >= 0.3 is 5.97 Å². The van der Waals surface area contributed by atoms with Gasteiger partial charge in [-0.05, 0) is 55.0 Å². The van der Waals surface area contributed by atoms with E-state index in [1.54, 1.807) is 0 Å². The van der Waals surface area contributed by atoms with Crippen molar-refractivity contribution in [2.75, 3.05) is 17.6 Å². The van der Waals surface area contributed by atoms with Crippen LogP contribution in [-0.4, -0.2) is 54.7 Å². The summed E-state index contributed by atoms with van der Waals surface area (Å²) in [6, 6.07) is 6.88. The lowest BCUT2D eigenvalue weighted by molar-refractivity contribution is -0.138. The number of carboxylic acid groups (broad SMARTS) is 1. The zero-order chi connectivity index (χ0) is 25.6. The van der Waals surface area contributed by atoms with E-state index in [2.05, 4.69) is 10.6 Å². The molecule has 0 unspecified atom stereocenters. The number of anilines is 2. The Morgan fingerprint density at radius 1 is 1.15 bits per heavy atom. The maximum atomic E-state index is 11.3. The number of rotatable bonds is 6. The van der Waals surface area contributed by atoms with Crippen molar-refractivity contribution >= 4 is 66.5 Å². The van der Waals surface area contributed by atoms with Crippen LogP contribution in [0.15, 0.2) is 46.2 Å². The average molecular weight is 541 g/mol. The van der Waals surface area contributed by atoms with Gasteiger partial charge in [-0.2, -0.15) is 16.8 Å². The first-order valence-electron chi connectivity index (χ1n) is 8.66. The third-order valence-corrected chi connectivity index (χ3v) is 6.26. The molecule has 2 aromatic rings. The van der Waals surface area contributed by atoms with Crippen LogP contribution in [0.1, 0.15) is 5.56 Å². The van der Waals surface area contributed by atoms with Gasteiger partial charge in [-0.25, -0.2) is 0 Å². The quantitative estimate of drug-likeness (QED) is 0.155. The van der Waals surface area contributed by atoms with Gasteiger partial charge in [0.1, 0.15) is 10.9 Å². The highest BCUT2D eigenvalue weighted by Crippen LogP contribution is 2.27. The van der Waals surface area contributed by atoms with E-state index in [4.69, 9.17) is 49.5 Å². The summed E-state index contributed by atoms with van der Waals surface area (Å²) in [4.78, 5) is 10.0. The van der Waals surface area contributed by atoms with Crippen molar-refractivity contribution in [2.45, 2.75) is 22.8 Å². The van der Waals surface area contributed by atoms with Crippen molar-refractivity contribution in [1.29, 1.82) is 0 Å². The van der Waals surface area contributed by atoms with E-state index >= 15 is 0 Å². The number of benzene rings is 2. The number of carbonyl (C=O) groups is 1. The largest absolute Gasteiger partial charge is 0.480 e. The molecule has 1 atom stereocenters. The van der Waals surface area contributed by atoms with Crippen LogP contribution in [0.25, 0.3) is 0 Å². The molecule has 0 aliphatic rings. The van der Waals surface area contributed by atoms with Gasteiger partial charge in [-0.15, -0.1) is 0 Å². The van der Waals surface area contributed by atoms with E-state index in [1.165, 1.54) is 37.3 Å². The Kier molecular flexibility index (Phi) is 9.98. The van der Waals surface area contributed by atoms with Crippen molar-refractivity contribution in [3.63, 3.8) is 0 Å². The third kappa shape index (κ3) is 9.47. The number of nitrogen functional groups attached to an aromatic ring is 1. The van der Waals surface area contributed by atoms with Crippen LogP contribution in [0.3, 0.4) is 0 Å². The second-order valence-corrected chi connectivity index (χ2v) is 10.0. The fourth-order valence-electron chi connectivity index (χ4n) is 2.13. The Hall–Kier alpha value is -2.53. The molecule has 0 saturated carbocycles. The summed E-state index contributed by atoms with van der Waals surface area (Å²) in [7, 11) is -8.54. The highest BCUT2D eigenvalue weighted by molar-refractivity contribution is 7.86. The van der Waals surface area contributed by atoms with Gasteiger partial charge in [-0.1, -0.05) is 17.7 Å².